The first-order chi connectivity index (χ1) is 27.7. The van der Waals surface area contributed by atoms with Gasteiger partial charge in [0.2, 0.25) is 0 Å². The van der Waals surface area contributed by atoms with Crippen LogP contribution in [-0.2, 0) is 117 Å². The summed E-state index contributed by atoms with van der Waals surface area (Å²) in [5, 5.41) is 0. The number of ether oxygens (including phenoxy) is 8. The molecule has 0 amide bonds. The third kappa shape index (κ3) is 50.2. The molecule has 336 valence electrons. The number of hydrogen-bond donors (Lipinski definition) is 0. The summed E-state index contributed by atoms with van der Waals surface area (Å²) in [4.78, 5) is 129. The van der Waals surface area contributed by atoms with Crippen molar-refractivity contribution in [1.82, 2.24) is 0 Å². The van der Waals surface area contributed by atoms with Gasteiger partial charge in [0.25, 0.3) is 0 Å². The van der Waals surface area contributed by atoms with Gasteiger partial charge in [-0.15, -0.1) is 0 Å². The topological polar surface area (TPSA) is 279 Å². The molecule has 0 saturated carbocycles. The molecular formula is C40H56O20Ti+4. The summed E-state index contributed by atoms with van der Waals surface area (Å²) in [5.74, 6) is -5.65. The Kier molecular flexibility index (Phi) is 41.7. The minimum atomic E-state index is -0.617. The van der Waals surface area contributed by atoms with Crippen LogP contribution in [-0.4, -0.2) is 124 Å². The number of hydrogen-bond acceptors (Lipinski definition) is 20. The number of Topliss-reactive ketones (excluding diaryl/α,β-unsaturated/α-hetero) is 4. The third-order valence-corrected chi connectivity index (χ3v) is 5.29. The molecule has 0 aromatic heterocycles. The van der Waals surface area contributed by atoms with Crippen molar-refractivity contribution < 1.29 is 117 Å². The largest absolute Gasteiger partial charge is 4.00 e. The maximum atomic E-state index is 10.8. The maximum Gasteiger partial charge on any atom is 4.00 e. The molecule has 0 fully saturated rings. The van der Waals surface area contributed by atoms with Crippen LogP contribution in [0.4, 0.5) is 0 Å². The Bertz CT molecular complexity index is 1360. The molecule has 0 atom stereocenters. The quantitative estimate of drug-likeness (QED) is 0.0336. The molecule has 0 saturated heterocycles. The minimum absolute atomic E-state index is 0. The van der Waals surface area contributed by atoms with Crippen LogP contribution in [0.3, 0.4) is 0 Å². The van der Waals surface area contributed by atoms with E-state index in [1.165, 1.54) is 55.4 Å². The zero-order valence-corrected chi connectivity index (χ0v) is 37.5. The van der Waals surface area contributed by atoms with E-state index in [2.05, 4.69) is 64.2 Å². The summed E-state index contributed by atoms with van der Waals surface area (Å²) >= 11 is 0. The van der Waals surface area contributed by atoms with Crippen molar-refractivity contribution in [2.24, 2.45) is 0 Å². The summed E-state index contributed by atoms with van der Waals surface area (Å²) in [7, 11) is 0. The monoisotopic (exact) mass is 904 g/mol. The molecule has 0 spiro atoms. The van der Waals surface area contributed by atoms with Gasteiger partial charge in [0.15, 0.2) is 0 Å². The van der Waals surface area contributed by atoms with Gasteiger partial charge in [-0.05, 0) is 55.4 Å². The van der Waals surface area contributed by atoms with Crippen molar-refractivity contribution >= 4 is 70.9 Å². The normalized spacial score (nSPS) is 9.05. The van der Waals surface area contributed by atoms with Crippen LogP contribution in [0.1, 0.15) is 81.1 Å². The molecule has 21 heteroatoms. The van der Waals surface area contributed by atoms with Crippen molar-refractivity contribution in [1.29, 1.82) is 0 Å². The van der Waals surface area contributed by atoms with Gasteiger partial charge in [-0.1, -0.05) is 26.3 Å². The molecule has 0 aromatic rings. The van der Waals surface area contributed by atoms with Gasteiger partial charge in [-0.3, -0.25) is 38.4 Å². The Labute approximate surface area is 369 Å². The molecule has 0 bridgehead atoms. The molecule has 0 unspecified atom stereocenters. The zero-order valence-electron chi connectivity index (χ0n) is 36.0. The molecule has 0 aliphatic heterocycles. The van der Waals surface area contributed by atoms with Crippen molar-refractivity contribution in [3.8, 4) is 0 Å². The van der Waals surface area contributed by atoms with Gasteiger partial charge in [-0.2, -0.15) is 0 Å². The van der Waals surface area contributed by atoms with E-state index in [0.717, 1.165) is 0 Å². The van der Waals surface area contributed by atoms with Crippen LogP contribution in [0, 0.1) is 0 Å². The van der Waals surface area contributed by atoms with E-state index in [9.17, 15) is 57.5 Å². The van der Waals surface area contributed by atoms with Crippen molar-refractivity contribution in [2.75, 3.05) is 52.9 Å². The van der Waals surface area contributed by atoms with Crippen LogP contribution in [0.15, 0.2) is 48.6 Å². The van der Waals surface area contributed by atoms with Gasteiger partial charge >= 0.3 is 69.5 Å². The van der Waals surface area contributed by atoms with E-state index in [0.29, 0.717) is 0 Å². The third-order valence-electron chi connectivity index (χ3n) is 5.29. The summed E-state index contributed by atoms with van der Waals surface area (Å²) in [6.07, 6.45) is -1.02. The molecule has 0 heterocycles. The summed E-state index contributed by atoms with van der Waals surface area (Å²) in [6, 6.07) is 0. The van der Waals surface area contributed by atoms with E-state index in [1.807, 2.05) is 0 Å². The number of rotatable bonds is 24. The summed E-state index contributed by atoms with van der Waals surface area (Å²) < 4.78 is 37.1. The molecular weight excluding hydrogens is 848 g/mol. The predicted octanol–water partition coefficient (Wildman–Crippen LogP) is 2.51. The minimum Gasteiger partial charge on any atom is -0.462 e. The SMILES string of the molecule is C=C(C)C(=O)OCCOC(=O)CC(C)=O.C=C(C)C(=O)OCCOC(=O)CC(C)=O.C=C(C)C(=O)OCCOC(=O)CC(C)=O.C=C(C)C(=O)OCCOC(=O)CC(C)=O.[Ti+4]. The molecule has 0 radical (unpaired) electrons. The van der Waals surface area contributed by atoms with Crippen LogP contribution in [0.25, 0.3) is 0 Å². The average molecular weight is 905 g/mol. The number of carbonyl (C=O) groups is 12. The van der Waals surface area contributed by atoms with E-state index in [1.54, 1.807) is 0 Å². The molecule has 0 N–H and O–H groups in total. The van der Waals surface area contributed by atoms with Crippen LogP contribution in [0.2, 0.25) is 0 Å². The Morgan fingerprint density at radius 1 is 0.279 bits per heavy atom. The fourth-order valence-electron chi connectivity index (χ4n) is 2.67. The van der Waals surface area contributed by atoms with Gasteiger partial charge in [-0.25, -0.2) is 19.2 Å². The van der Waals surface area contributed by atoms with E-state index >= 15 is 0 Å². The van der Waals surface area contributed by atoms with Crippen molar-refractivity contribution in [3.63, 3.8) is 0 Å². The standard InChI is InChI=1S/4C10H14O5.Ti/c4*1-7(2)10(13)15-5-4-14-9(12)6-8(3)11;/h4*1,4-6H2,2-3H3;/q;;;;+4. The Morgan fingerprint density at radius 3 is 0.525 bits per heavy atom. The fourth-order valence-corrected chi connectivity index (χ4v) is 2.67. The molecule has 20 nitrogen and oxygen atoms in total. The zero-order chi connectivity index (χ0) is 47.4. The van der Waals surface area contributed by atoms with Crippen molar-refractivity contribution in [2.45, 2.75) is 81.1 Å². The average Bonchev–Trinajstić information content (AvgIpc) is 3.11. The van der Waals surface area contributed by atoms with Crippen molar-refractivity contribution in [3.05, 3.63) is 48.6 Å². The van der Waals surface area contributed by atoms with Crippen LogP contribution >= 0.6 is 0 Å². The molecule has 0 aromatic carbocycles. The van der Waals surface area contributed by atoms with E-state index < -0.39 is 47.8 Å². The first-order valence-electron chi connectivity index (χ1n) is 17.6. The van der Waals surface area contributed by atoms with E-state index in [-0.39, 0.29) is 146 Å². The number of esters is 8. The maximum absolute atomic E-state index is 10.8. The van der Waals surface area contributed by atoms with Gasteiger partial charge in [0.05, 0.1) is 0 Å². The van der Waals surface area contributed by atoms with Gasteiger partial charge in [0, 0.05) is 22.3 Å². The second-order valence-corrected chi connectivity index (χ2v) is 12.1. The Hall–Kier alpha value is -5.89. The second-order valence-electron chi connectivity index (χ2n) is 12.1. The first-order valence-corrected chi connectivity index (χ1v) is 17.6. The van der Waals surface area contributed by atoms with E-state index in [4.69, 9.17) is 0 Å². The summed E-state index contributed by atoms with van der Waals surface area (Å²) in [5.41, 5.74) is 1.13. The fraction of sp³-hybridized carbons (Fsp3) is 0.500. The molecule has 0 aliphatic rings. The molecule has 0 aliphatic carbocycles. The second kappa shape index (κ2) is 39.6. The smallest absolute Gasteiger partial charge is 0.462 e. The summed E-state index contributed by atoms with van der Waals surface area (Å²) in [6.45, 7) is 24.4. The first kappa shape index (κ1) is 64.3. The number of ketones is 4. The number of carbonyl (C=O) groups excluding carboxylic acids is 12. The molecule has 61 heavy (non-hydrogen) atoms. The van der Waals surface area contributed by atoms with Gasteiger partial charge < -0.3 is 37.9 Å². The van der Waals surface area contributed by atoms with Gasteiger partial charge in [0.1, 0.15) is 102 Å². The predicted molar refractivity (Wildman–Crippen MR) is 208 cm³/mol. The molecule has 0 rings (SSSR count). The van der Waals surface area contributed by atoms with Crippen LogP contribution in [0.5, 0.6) is 0 Å². The Morgan fingerprint density at radius 2 is 0.410 bits per heavy atom. The Balaban J connectivity index is -0.000000227. The van der Waals surface area contributed by atoms with Crippen LogP contribution < -0.4 is 0 Å².